The summed E-state index contributed by atoms with van der Waals surface area (Å²) in [6.07, 6.45) is 2.29. The number of aliphatic hydroxyl groups excluding tert-OH is 1. The van der Waals surface area contributed by atoms with Crippen LogP contribution in [0.25, 0.3) is 0 Å². The maximum absolute atomic E-state index is 9.20. The predicted octanol–water partition coefficient (Wildman–Crippen LogP) is 1.68. The SMILES string of the molecule is CN=C1C=C(Cl)C(O)C(Cl)=C1. The molecule has 0 aromatic heterocycles. The number of hydrogen-bond donors (Lipinski definition) is 1. The number of nitrogens with zero attached hydrogens (tertiary/aromatic N) is 1. The summed E-state index contributed by atoms with van der Waals surface area (Å²) in [4.78, 5) is 3.87. The summed E-state index contributed by atoms with van der Waals surface area (Å²) in [7, 11) is 1.63. The Hall–Kier alpha value is -0.310. The van der Waals surface area contributed by atoms with Crippen molar-refractivity contribution in [2.75, 3.05) is 7.05 Å². The van der Waals surface area contributed by atoms with Gasteiger partial charge in [0, 0.05) is 7.05 Å². The average molecular weight is 192 g/mol. The molecular weight excluding hydrogens is 185 g/mol. The zero-order valence-electron chi connectivity index (χ0n) is 5.88. The van der Waals surface area contributed by atoms with Gasteiger partial charge in [0.1, 0.15) is 6.10 Å². The second-order valence-corrected chi connectivity index (χ2v) is 2.98. The molecular formula is C7H7Cl2NO. The second kappa shape index (κ2) is 3.39. The van der Waals surface area contributed by atoms with E-state index in [0.717, 1.165) is 0 Å². The molecule has 60 valence electrons. The van der Waals surface area contributed by atoms with E-state index in [1.807, 2.05) is 0 Å². The van der Waals surface area contributed by atoms with E-state index in [1.54, 1.807) is 19.2 Å². The van der Waals surface area contributed by atoms with Crippen LogP contribution < -0.4 is 0 Å². The Balaban J connectivity index is 2.98. The maximum Gasteiger partial charge on any atom is 0.125 e. The normalized spacial score (nSPS) is 24.4. The van der Waals surface area contributed by atoms with Gasteiger partial charge in [-0.1, -0.05) is 23.2 Å². The zero-order valence-corrected chi connectivity index (χ0v) is 7.39. The maximum atomic E-state index is 9.20. The number of aliphatic imine (C=N–C) groups is 1. The summed E-state index contributed by atoms with van der Waals surface area (Å²) in [6, 6.07) is 0. The van der Waals surface area contributed by atoms with Crippen LogP contribution in [0.2, 0.25) is 0 Å². The third kappa shape index (κ3) is 1.83. The van der Waals surface area contributed by atoms with Crippen LogP contribution in [0.4, 0.5) is 0 Å². The number of rotatable bonds is 0. The fourth-order valence-electron chi connectivity index (χ4n) is 0.743. The van der Waals surface area contributed by atoms with Crippen molar-refractivity contribution in [3.8, 4) is 0 Å². The van der Waals surface area contributed by atoms with Crippen molar-refractivity contribution in [3.05, 3.63) is 22.2 Å². The Labute approximate surface area is 74.8 Å². The minimum absolute atomic E-state index is 0.304. The van der Waals surface area contributed by atoms with Crippen LogP contribution in [0.5, 0.6) is 0 Å². The van der Waals surface area contributed by atoms with Gasteiger partial charge in [0.25, 0.3) is 0 Å². The van der Waals surface area contributed by atoms with E-state index in [4.69, 9.17) is 23.2 Å². The van der Waals surface area contributed by atoms with Crippen LogP contribution in [0.1, 0.15) is 0 Å². The highest BCUT2D eigenvalue weighted by atomic mass is 35.5. The van der Waals surface area contributed by atoms with Crippen LogP contribution >= 0.6 is 23.2 Å². The monoisotopic (exact) mass is 191 g/mol. The molecule has 0 bridgehead atoms. The molecule has 0 aliphatic heterocycles. The molecule has 0 spiro atoms. The smallest absolute Gasteiger partial charge is 0.125 e. The summed E-state index contributed by atoms with van der Waals surface area (Å²) in [5, 5.41) is 9.81. The largest absolute Gasteiger partial charge is 0.382 e. The van der Waals surface area contributed by atoms with E-state index in [-0.39, 0.29) is 0 Å². The van der Waals surface area contributed by atoms with Gasteiger partial charge in [-0.3, -0.25) is 4.99 Å². The first kappa shape index (κ1) is 8.78. The molecule has 0 aromatic rings. The lowest BCUT2D eigenvalue weighted by atomic mass is 10.1. The predicted molar refractivity (Wildman–Crippen MR) is 47.2 cm³/mol. The zero-order chi connectivity index (χ0) is 8.43. The molecule has 0 radical (unpaired) electrons. The number of halogens is 2. The highest BCUT2D eigenvalue weighted by molar-refractivity contribution is 6.39. The summed E-state index contributed by atoms with van der Waals surface area (Å²) in [6.45, 7) is 0. The van der Waals surface area contributed by atoms with Crippen molar-refractivity contribution in [1.29, 1.82) is 0 Å². The van der Waals surface area contributed by atoms with Gasteiger partial charge in [0.15, 0.2) is 0 Å². The molecule has 0 saturated heterocycles. The lowest BCUT2D eigenvalue weighted by Gasteiger charge is -2.12. The average Bonchev–Trinajstić information content (AvgIpc) is 1.99. The lowest BCUT2D eigenvalue weighted by Crippen LogP contribution is -2.13. The molecule has 0 atom stereocenters. The number of allylic oxidation sites excluding steroid dienone is 2. The van der Waals surface area contributed by atoms with Gasteiger partial charge in [-0.2, -0.15) is 0 Å². The molecule has 1 N–H and O–H groups in total. The number of aliphatic hydroxyl groups is 1. The molecule has 4 heteroatoms. The molecule has 1 aliphatic carbocycles. The first-order chi connectivity index (χ1) is 5.15. The van der Waals surface area contributed by atoms with E-state index in [2.05, 4.69) is 4.99 Å². The van der Waals surface area contributed by atoms with Crippen molar-refractivity contribution in [2.24, 2.45) is 4.99 Å². The topological polar surface area (TPSA) is 32.6 Å². The first-order valence-corrected chi connectivity index (χ1v) is 3.79. The molecule has 1 rings (SSSR count). The van der Waals surface area contributed by atoms with E-state index < -0.39 is 6.10 Å². The standard InChI is InChI=1S/C7H7Cl2NO/c1-10-4-2-5(8)7(11)6(9)3-4/h2-3,7,11H,1H3. The Morgan fingerprint density at radius 3 is 2.18 bits per heavy atom. The van der Waals surface area contributed by atoms with Gasteiger partial charge >= 0.3 is 0 Å². The Bertz CT molecular complexity index is 233. The summed E-state index contributed by atoms with van der Waals surface area (Å²) >= 11 is 11.3. The minimum atomic E-state index is -0.871. The highest BCUT2D eigenvalue weighted by Gasteiger charge is 2.17. The molecule has 0 heterocycles. The van der Waals surface area contributed by atoms with Crippen molar-refractivity contribution in [2.45, 2.75) is 6.10 Å². The highest BCUT2D eigenvalue weighted by Crippen LogP contribution is 2.23. The third-order valence-electron chi connectivity index (χ3n) is 1.35. The Morgan fingerprint density at radius 1 is 1.36 bits per heavy atom. The molecule has 0 fully saturated rings. The third-order valence-corrected chi connectivity index (χ3v) is 1.98. The van der Waals surface area contributed by atoms with E-state index in [9.17, 15) is 5.11 Å². The fraction of sp³-hybridized carbons (Fsp3) is 0.286. The van der Waals surface area contributed by atoms with E-state index in [1.165, 1.54) is 0 Å². The Morgan fingerprint density at radius 2 is 1.82 bits per heavy atom. The van der Waals surface area contributed by atoms with Crippen molar-refractivity contribution in [3.63, 3.8) is 0 Å². The van der Waals surface area contributed by atoms with Crippen LogP contribution in [-0.4, -0.2) is 24.0 Å². The van der Waals surface area contributed by atoms with Crippen LogP contribution in [0.15, 0.2) is 27.2 Å². The van der Waals surface area contributed by atoms with Crippen LogP contribution in [-0.2, 0) is 0 Å². The van der Waals surface area contributed by atoms with Gasteiger partial charge < -0.3 is 5.11 Å². The van der Waals surface area contributed by atoms with E-state index >= 15 is 0 Å². The molecule has 0 amide bonds. The molecule has 0 aromatic carbocycles. The second-order valence-electron chi connectivity index (χ2n) is 2.11. The van der Waals surface area contributed by atoms with Crippen molar-refractivity contribution in [1.82, 2.24) is 0 Å². The fourth-order valence-corrected chi connectivity index (χ4v) is 1.26. The van der Waals surface area contributed by atoms with E-state index in [0.29, 0.717) is 15.8 Å². The lowest BCUT2D eigenvalue weighted by molar-refractivity contribution is 0.262. The first-order valence-electron chi connectivity index (χ1n) is 3.04. The van der Waals surface area contributed by atoms with Crippen molar-refractivity contribution < 1.29 is 5.11 Å². The molecule has 0 unspecified atom stereocenters. The summed E-state index contributed by atoms with van der Waals surface area (Å²) < 4.78 is 0. The molecule has 0 saturated carbocycles. The van der Waals surface area contributed by atoms with Gasteiger partial charge in [-0.25, -0.2) is 0 Å². The molecule has 1 aliphatic rings. The quantitative estimate of drug-likeness (QED) is 0.622. The van der Waals surface area contributed by atoms with Crippen LogP contribution in [0, 0.1) is 0 Å². The number of hydrogen-bond acceptors (Lipinski definition) is 2. The molecule has 11 heavy (non-hydrogen) atoms. The van der Waals surface area contributed by atoms with Gasteiger partial charge in [-0.05, 0) is 12.2 Å². The van der Waals surface area contributed by atoms with Crippen molar-refractivity contribution >= 4 is 28.9 Å². The van der Waals surface area contributed by atoms with Crippen LogP contribution in [0.3, 0.4) is 0 Å². The minimum Gasteiger partial charge on any atom is -0.382 e. The summed E-state index contributed by atoms with van der Waals surface area (Å²) in [5.41, 5.74) is 0.672. The molecule has 2 nitrogen and oxygen atoms in total. The Kier molecular flexibility index (Phi) is 2.71. The summed E-state index contributed by atoms with van der Waals surface area (Å²) in [5.74, 6) is 0. The van der Waals surface area contributed by atoms with Gasteiger partial charge in [-0.15, -0.1) is 0 Å². The van der Waals surface area contributed by atoms with Gasteiger partial charge in [0.2, 0.25) is 0 Å². The van der Waals surface area contributed by atoms with Gasteiger partial charge in [0.05, 0.1) is 15.8 Å².